The highest BCUT2D eigenvalue weighted by Crippen LogP contribution is 2.16. The first-order chi connectivity index (χ1) is 6.57. The predicted molar refractivity (Wildman–Crippen MR) is 53.0 cm³/mol. The summed E-state index contributed by atoms with van der Waals surface area (Å²) in [6.07, 6.45) is 1.46. The van der Waals surface area contributed by atoms with E-state index < -0.39 is 5.97 Å². The van der Waals surface area contributed by atoms with Gasteiger partial charge in [-0.25, -0.2) is 4.79 Å². The molecule has 0 atom stereocenters. The van der Waals surface area contributed by atoms with Crippen LogP contribution in [-0.2, 0) is 4.74 Å². The molecule has 1 rings (SSSR count). The predicted octanol–water partition coefficient (Wildman–Crippen LogP) is 1.22. The third-order valence-electron chi connectivity index (χ3n) is 1.78. The molecule has 0 bridgehead atoms. The number of nitrogens with zero attached hydrogens (tertiary/aromatic N) is 2. The van der Waals surface area contributed by atoms with Crippen LogP contribution in [0.2, 0.25) is 0 Å². The first-order valence-electron chi connectivity index (χ1n) is 4.58. The summed E-state index contributed by atoms with van der Waals surface area (Å²) >= 11 is 0. The van der Waals surface area contributed by atoms with E-state index in [1.165, 1.54) is 6.20 Å². The van der Waals surface area contributed by atoms with Gasteiger partial charge in [0.1, 0.15) is 0 Å². The average molecular weight is 197 g/mol. The highest BCUT2D eigenvalue weighted by Gasteiger charge is 2.19. The van der Waals surface area contributed by atoms with Crippen LogP contribution in [0.4, 0.5) is 5.69 Å². The summed E-state index contributed by atoms with van der Waals surface area (Å²) in [6.45, 7) is 5.94. The van der Waals surface area contributed by atoms with Crippen LogP contribution in [0.25, 0.3) is 0 Å². The van der Waals surface area contributed by atoms with Crippen LogP contribution in [0.15, 0.2) is 6.20 Å². The molecule has 1 aromatic rings. The normalized spacial score (nSPS) is 10.6. The Kier molecular flexibility index (Phi) is 3.11. The third-order valence-corrected chi connectivity index (χ3v) is 1.78. The number of carbonyl (C=O) groups is 1. The zero-order chi connectivity index (χ0) is 10.7. The minimum atomic E-state index is -0.420. The Hall–Kier alpha value is -1.52. The van der Waals surface area contributed by atoms with Crippen LogP contribution in [-0.4, -0.2) is 22.4 Å². The molecule has 14 heavy (non-hydrogen) atoms. The molecular weight excluding hydrogens is 182 g/mol. The Labute approximate surface area is 82.8 Å². The number of nitrogen functional groups attached to an aromatic ring is 1. The van der Waals surface area contributed by atoms with Gasteiger partial charge in [-0.15, -0.1) is 0 Å². The van der Waals surface area contributed by atoms with Gasteiger partial charge in [0.05, 0.1) is 18.5 Å². The molecule has 0 aliphatic carbocycles. The minimum Gasteiger partial charge on any atom is -0.461 e. The first kappa shape index (κ1) is 10.6. The molecule has 1 aromatic heterocycles. The SMILES string of the molecule is CCOC(=O)c1c(N)cnn1C(C)C. The Morgan fingerprint density at radius 2 is 2.36 bits per heavy atom. The molecular formula is C9H15N3O2. The number of hydrogen-bond donors (Lipinski definition) is 1. The third kappa shape index (κ3) is 1.86. The second-order valence-electron chi connectivity index (χ2n) is 3.21. The summed E-state index contributed by atoms with van der Waals surface area (Å²) in [5.74, 6) is -0.420. The molecule has 5 nitrogen and oxygen atoms in total. The Bertz CT molecular complexity index is 331. The van der Waals surface area contributed by atoms with E-state index in [1.807, 2.05) is 13.8 Å². The van der Waals surface area contributed by atoms with Crippen LogP contribution in [0.5, 0.6) is 0 Å². The number of aromatic nitrogens is 2. The quantitative estimate of drug-likeness (QED) is 0.740. The van der Waals surface area contributed by atoms with Gasteiger partial charge in [0.25, 0.3) is 0 Å². The number of nitrogens with two attached hydrogens (primary N) is 1. The highest BCUT2D eigenvalue weighted by atomic mass is 16.5. The van der Waals surface area contributed by atoms with E-state index in [0.717, 1.165) is 0 Å². The maximum absolute atomic E-state index is 11.5. The first-order valence-corrected chi connectivity index (χ1v) is 4.58. The number of rotatable bonds is 3. The van der Waals surface area contributed by atoms with E-state index in [4.69, 9.17) is 10.5 Å². The van der Waals surface area contributed by atoms with Crippen LogP contribution in [0, 0.1) is 0 Å². The standard InChI is InChI=1S/C9H15N3O2/c1-4-14-9(13)8-7(10)5-11-12(8)6(2)3/h5-6H,4,10H2,1-3H3. The summed E-state index contributed by atoms with van der Waals surface area (Å²) in [7, 11) is 0. The van der Waals surface area contributed by atoms with Gasteiger partial charge in [0.15, 0.2) is 5.69 Å². The lowest BCUT2D eigenvalue weighted by atomic mass is 10.3. The van der Waals surface area contributed by atoms with Crippen molar-refractivity contribution < 1.29 is 9.53 Å². The van der Waals surface area contributed by atoms with E-state index >= 15 is 0 Å². The van der Waals surface area contributed by atoms with Crippen molar-refractivity contribution in [3.05, 3.63) is 11.9 Å². The molecule has 2 N–H and O–H groups in total. The molecule has 0 aliphatic rings. The van der Waals surface area contributed by atoms with Gasteiger partial charge in [0, 0.05) is 6.04 Å². The number of ether oxygens (including phenoxy) is 1. The smallest absolute Gasteiger partial charge is 0.358 e. The molecule has 0 fully saturated rings. The highest BCUT2D eigenvalue weighted by molar-refractivity contribution is 5.93. The average Bonchev–Trinajstić information content (AvgIpc) is 2.47. The van der Waals surface area contributed by atoms with E-state index in [9.17, 15) is 4.79 Å². The second-order valence-corrected chi connectivity index (χ2v) is 3.21. The zero-order valence-corrected chi connectivity index (χ0v) is 8.65. The van der Waals surface area contributed by atoms with Crippen LogP contribution in [0.1, 0.15) is 37.3 Å². The summed E-state index contributed by atoms with van der Waals surface area (Å²) in [5, 5.41) is 4.01. The monoisotopic (exact) mass is 197 g/mol. The van der Waals surface area contributed by atoms with Gasteiger partial charge in [-0.2, -0.15) is 5.10 Å². The van der Waals surface area contributed by atoms with Gasteiger partial charge >= 0.3 is 5.97 Å². The number of anilines is 1. The second kappa shape index (κ2) is 4.13. The maximum Gasteiger partial charge on any atom is 0.358 e. The van der Waals surface area contributed by atoms with Crippen molar-refractivity contribution in [3.8, 4) is 0 Å². The van der Waals surface area contributed by atoms with Crippen molar-refractivity contribution >= 4 is 11.7 Å². The lowest BCUT2D eigenvalue weighted by Crippen LogP contribution is -2.16. The lowest BCUT2D eigenvalue weighted by Gasteiger charge is -2.10. The fourth-order valence-electron chi connectivity index (χ4n) is 1.18. The van der Waals surface area contributed by atoms with E-state index in [2.05, 4.69) is 5.10 Å². The molecule has 0 unspecified atom stereocenters. The summed E-state index contributed by atoms with van der Waals surface area (Å²) < 4.78 is 6.44. The summed E-state index contributed by atoms with van der Waals surface area (Å²) in [4.78, 5) is 11.5. The lowest BCUT2D eigenvalue weighted by molar-refractivity contribution is 0.0511. The van der Waals surface area contributed by atoms with Crippen molar-refractivity contribution in [2.45, 2.75) is 26.8 Å². The summed E-state index contributed by atoms with van der Waals surface area (Å²) in [5.41, 5.74) is 6.32. The van der Waals surface area contributed by atoms with E-state index in [0.29, 0.717) is 18.0 Å². The van der Waals surface area contributed by atoms with Gasteiger partial charge in [0.2, 0.25) is 0 Å². The van der Waals surface area contributed by atoms with Crippen LogP contribution < -0.4 is 5.73 Å². The molecule has 5 heteroatoms. The molecule has 0 saturated carbocycles. The van der Waals surface area contributed by atoms with Gasteiger partial charge in [-0.3, -0.25) is 4.68 Å². The van der Waals surface area contributed by atoms with Crippen molar-refractivity contribution in [2.24, 2.45) is 0 Å². The van der Waals surface area contributed by atoms with E-state index in [-0.39, 0.29) is 6.04 Å². The number of carbonyl (C=O) groups excluding carboxylic acids is 1. The molecule has 0 amide bonds. The van der Waals surface area contributed by atoms with Crippen molar-refractivity contribution in [2.75, 3.05) is 12.3 Å². The largest absolute Gasteiger partial charge is 0.461 e. The number of hydrogen-bond acceptors (Lipinski definition) is 4. The zero-order valence-electron chi connectivity index (χ0n) is 8.65. The fraction of sp³-hybridized carbons (Fsp3) is 0.556. The molecule has 1 heterocycles. The van der Waals surface area contributed by atoms with Gasteiger partial charge < -0.3 is 10.5 Å². The number of esters is 1. The van der Waals surface area contributed by atoms with Crippen LogP contribution >= 0.6 is 0 Å². The Morgan fingerprint density at radius 3 is 2.86 bits per heavy atom. The molecule has 0 aromatic carbocycles. The van der Waals surface area contributed by atoms with Crippen molar-refractivity contribution in [1.29, 1.82) is 0 Å². The van der Waals surface area contributed by atoms with Gasteiger partial charge in [-0.05, 0) is 20.8 Å². The van der Waals surface area contributed by atoms with E-state index in [1.54, 1.807) is 11.6 Å². The van der Waals surface area contributed by atoms with Gasteiger partial charge in [-0.1, -0.05) is 0 Å². The molecule has 0 spiro atoms. The maximum atomic E-state index is 11.5. The van der Waals surface area contributed by atoms with Crippen molar-refractivity contribution in [3.63, 3.8) is 0 Å². The topological polar surface area (TPSA) is 70.1 Å². The molecule has 0 radical (unpaired) electrons. The minimum absolute atomic E-state index is 0.0895. The Balaban J connectivity index is 3.04. The van der Waals surface area contributed by atoms with Crippen LogP contribution in [0.3, 0.4) is 0 Å². The van der Waals surface area contributed by atoms with Crippen molar-refractivity contribution in [1.82, 2.24) is 9.78 Å². The molecule has 78 valence electrons. The molecule has 0 saturated heterocycles. The molecule has 0 aliphatic heterocycles. The fourth-order valence-corrected chi connectivity index (χ4v) is 1.18. The Morgan fingerprint density at radius 1 is 1.71 bits per heavy atom. The summed E-state index contributed by atoms with van der Waals surface area (Å²) in [6, 6.07) is 0.0895.